The Morgan fingerprint density at radius 3 is 2.29 bits per heavy atom. The van der Waals surface area contributed by atoms with Gasteiger partial charge in [-0.1, -0.05) is 24.3 Å². The number of nitrogens with zero attached hydrogens (tertiary/aromatic N) is 1. The van der Waals surface area contributed by atoms with Gasteiger partial charge in [-0.15, -0.1) is 0 Å². The fourth-order valence-corrected chi connectivity index (χ4v) is 4.54. The van der Waals surface area contributed by atoms with Gasteiger partial charge in [-0.3, -0.25) is 9.59 Å². The second-order valence-electron chi connectivity index (χ2n) is 9.53. The number of hydrogen-bond donors (Lipinski definition) is 1. The summed E-state index contributed by atoms with van der Waals surface area (Å²) in [6, 6.07) is 12.8. The van der Waals surface area contributed by atoms with Crippen LogP contribution < -0.4 is 15.0 Å². The molecule has 2 amide bonds. The summed E-state index contributed by atoms with van der Waals surface area (Å²) < 4.78 is 100. The van der Waals surface area contributed by atoms with Crippen molar-refractivity contribution in [1.29, 1.82) is 0 Å². The van der Waals surface area contributed by atoms with Crippen LogP contribution in [0.5, 0.6) is 5.75 Å². The summed E-state index contributed by atoms with van der Waals surface area (Å²) >= 11 is 2.86. The fraction of sp³-hybridized carbons (Fsp3) is 0.286. The highest BCUT2D eigenvalue weighted by atomic mass is 79.9. The number of rotatable bonds is 9. The molecule has 0 saturated heterocycles. The van der Waals surface area contributed by atoms with Crippen LogP contribution in [0.15, 0.2) is 65.1 Å². The van der Waals surface area contributed by atoms with Gasteiger partial charge in [0, 0.05) is 22.1 Å². The van der Waals surface area contributed by atoms with Crippen LogP contribution in [-0.4, -0.2) is 31.1 Å². The van der Waals surface area contributed by atoms with Gasteiger partial charge in [0.15, 0.2) is 11.6 Å². The average Bonchev–Trinajstić information content (AvgIpc) is 3.72. The van der Waals surface area contributed by atoms with Crippen molar-refractivity contribution >= 4 is 39.1 Å². The molecule has 0 radical (unpaired) electrons. The third-order valence-corrected chi connectivity index (χ3v) is 7.13. The summed E-state index contributed by atoms with van der Waals surface area (Å²) in [6.07, 6.45) is -3.72. The molecular formula is C28H22BrF7N2O3. The van der Waals surface area contributed by atoms with Crippen molar-refractivity contribution in [2.45, 2.75) is 38.2 Å². The lowest BCUT2D eigenvalue weighted by molar-refractivity contribution is -0.228. The molecule has 1 aliphatic rings. The smallest absolute Gasteiger partial charge is 0.426 e. The molecule has 0 bridgehead atoms. The van der Waals surface area contributed by atoms with E-state index in [4.69, 9.17) is 0 Å². The molecule has 1 saturated carbocycles. The van der Waals surface area contributed by atoms with Crippen LogP contribution in [0.2, 0.25) is 0 Å². The zero-order valence-electron chi connectivity index (χ0n) is 21.2. The van der Waals surface area contributed by atoms with Crippen molar-refractivity contribution in [3.8, 4) is 5.75 Å². The zero-order valence-corrected chi connectivity index (χ0v) is 22.8. The molecule has 5 nitrogen and oxygen atoms in total. The molecule has 1 atom stereocenters. The SMILES string of the molecule is CC(F)(c1cc(Br)c(NC(=O)c2cccc(N(CC3CC3)C(=O)c3ccccc3)c2F)c(OC(F)F)c1)C(F)(F)F. The number of ether oxygens (including phenoxy) is 1. The second kappa shape index (κ2) is 11.7. The van der Waals surface area contributed by atoms with E-state index >= 15 is 4.39 Å². The monoisotopic (exact) mass is 646 g/mol. The Bertz CT molecular complexity index is 1440. The van der Waals surface area contributed by atoms with Crippen molar-refractivity contribution in [2.75, 3.05) is 16.8 Å². The van der Waals surface area contributed by atoms with Gasteiger partial charge < -0.3 is 15.0 Å². The first-order valence-corrected chi connectivity index (χ1v) is 13.0. The molecule has 1 unspecified atom stereocenters. The van der Waals surface area contributed by atoms with E-state index < -0.39 is 63.1 Å². The minimum absolute atomic E-state index is 0.140. The quantitative estimate of drug-likeness (QED) is 0.238. The van der Waals surface area contributed by atoms with Crippen LogP contribution in [0.25, 0.3) is 0 Å². The first-order valence-electron chi connectivity index (χ1n) is 12.2. The number of nitrogens with one attached hydrogen (secondary N) is 1. The molecule has 3 aromatic rings. The predicted molar refractivity (Wildman–Crippen MR) is 140 cm³/mol. The van der Waals surface area contributed by atoms with Crippen molar-refractivity contribution < 1.29 is 45.1 Å². The Morgan fingerprint density at radius 1 is 1.05 bits per heavy atom. The van der Waals surface area contributed by atoms with Crippen molar-refractivity contribution in [3.05, 3.63) is 87.6 Å². The highest BCUT2D eigenvalue weighted by Crippen LogP contribution is 2.46. The standard InChI is InChI=1S/C28H22BrF7N2O3/c1-27(33,28(34,35)36)17-12-19(29)23(21(13-17)41-26(31)32)37-24(39)18-8-5-9-20(22(18)30)38(14-15-10-11-15)25(40)16-6-3-2-4-7-16/h2-9,12-13,15,26H,10-11,14H2,1H3,(H,37,39). The van der Waals surface area contributed by atoms with E-state index in [2.05, 4.69) is 26.0 Å². The molecule has 0 aliphatic heterocycles. The number of carbonyl (C=O) groups excluding carboxylic acids is 2. The van der Waals surface area contributed by atoms with Gasteiger partial charge in [-0.05, 0) is 78.0 Å². The molecule has 4 rings (SSSR count). The molecule has 3 aromatic carbocycles. The summed E-state index contributed by atoms with van der Waals surface area (Å²) in [4.78, 5) is 27.6. The van der Waals surface area contributed by atoms with Gasteiger partial charge in [-0.2, -0.15) is 22.0 Å². The highest BCUT2D eigenvalue weighted by Gasteiger charge is 2.54. The number of anilines is 2. The van der Waals surface area contributed by atoms with E-state index in [-0.39, 0.29) is 25.1 Å². The molecular weight excluding hydrogens is 625 g/mol. The van der Waals surface area contributed by atoms with E-state index in [1.165, 1.54) is 17.0 Å². The van der Waals surface area contributed by atoms with Crippen LogP contribution in [0.1, 0.15) is 46.0 Å². The summed E-state index contributed by atoms with van der Waals surface area (Å²) in [5.41, 5.74) is -6.11. The molecule has 13 heteroatoms. The van der Waals surface area contributed by atoms with E-state index in [9.17, 15) is 35.9 Å². The second-order valence-corrected chi connectivity index (χ2v) is 10.4. The number of benzene rings is 3. The van der Waals surface area contributed by atoms with Gasteiger partial charge in [-0.25, -0.2) is 8.78 Å². The topological polar surface area (TPSA) is 58.6 Å². The van der Waals surface area contributed by atoms with Crippen molar-refractivity contribution in [2.24, 2.45) is 5.92 Å². The molecule has 41 heavy (non-hydrogen) atoms. The van der Waals surface area contributed by atoms with E-state index in [1.54, 1.807) is 30.3 Å². The number of carbonyl (C=O) groups is 2. The summed E-state index contributed by atoms with van der Waals surface area (Å²) in [5, 5.41) is 2.15. The Hall–Kier alpha value is -3.61. The maximum absolute atomic E-state index is 15.8. The Kier molecular flexibility index (Phi) is 8.67. The lowest BCUT2D eigenvalue weighted by Crippen LogP contribution is -2.35. The zero-order chi connectivity index (χ0) is 30.1. The molecule has 1 fully saturated rings. The van der Waals surface area contributed by atoms with E-state index in [0.717, 1.165) is 18.9 Å². The molecule has 0 spiro atoms. The fourth-order valence-electron chi connectivity index (χ4n) is 4.00. The van der Waals surface area contributed by atoms with Gasteiger partial charge in [0.2, 0.25) is 5.67 Å². The third-order valence-electron chi connectivity index (χ3n) is 6.50. The molecule has 218 valence electrons. The molecule has 1 aliphatic carbocycles. The van der Waals surface area contributed by atoms with Gasteiger partial charge >= 0.3 is 12.8 Å². The minimum atomic E-state index is -5.40. The van der Waals surface area contributed by atoms with Crippen LogP contribution in [0, 0.1) is 11.7 Å². The van der Waals surface area contributed by atoms with Gasteiger partial charge in [0.1, 0.15) is 0 Å². The number of hydrogen-bond acceptors (Lipinski definition) is 3. The predicted octanol–water partition coefficient (Wildman–Crippen LogP) is 8.25. The summed E-state index contributed by atoms with van der Waals surface area (Å²) in [7, 11) is 0. The third kappa shape index (κ3) is 6.66. The maximum Gasteiger partial charge on any atom is 0.426 e. The average molecular weight is 647 g/mol. The van der Waals surface area contributed by atoms with Crippen molar-refractivity contribution in [1.82, 2.24) is 0 Å². The summed E-state index contributed by atoms with van der Waals surface area (Å²) in [6.45, 7) is -3.16. The number of halogens is 8. The molecule has 0 heterocycles. The lowest BCUT2D eigenvalue weighted by Gasteiger charge is -2.26. The van der Waals surface area contributed by atoms with Crippen LogP contribution in [-0.2, 0) is 5.67 Å². The Balaban J connectivity index is 1.70. The Labute approximate surface area is 238 Å². The first-order chi connectivity index (χ1) is 19.2. The van der Waals surface area contributed by atoms with Crippen LogP contribution in [0.4, 0.5) is 42.1 Å². The normalized spacial score (nSPS) is 14.9. The molecule has 0 aromatic heterocycles. The lowest BCUT2D eigenvalue weighted by atomic mass is 9.96. The summed E-state index contributed by atoms with van der Waals surface area (Å²) in [5.74, 6) is -3.63. The van der Waals surface area contributed by atoms with Crippen LogP contribution >= 0.6 is 15.9 Å². The van der Waals surface area contributed by atoms with Gasteiger partial charge in [0.05, 0.1) is 16.9 Å². The molecule has 1 N–H and O–H groups in total. The largest absolute Gasteiger partial charge is 0.433 e. The Morgan fingerprint density at radius 2 is 1.71 bits per heavy atom. The first kappa shape index (κ1) is 30.4. The number of alkyl halides is 6. The highest BCUT2D eigenvalue weighted by molar-refractivity contribution is 9.10. The van der Waals surface area contributed by atoms with Crippen molar-refractivity contribution in [3.63, 3.8) is 0 Å². The van der Waals surface area contributed by atoms with Gasteiger partial charge in [0.25, 0.3) is 11.8 Å². The number of amides is 2. The minimum Gasteiger partial charge on any atom is -0.433 e. The van der Waals surface area contributed by atoms with E-state index in [0.29, 0.717) is 17.7 Å². The maximum atomic E-state index is 15.8. The van der Waals surface area contributed by atoms with E-state index in [1.807, 2.05) is 0 Å². The van der Waals surface area contributed by atoms with Crippen LogP contribution in [0.3, 0.4) is 0 Å².